The summed E-state index contributed by atoms with van der Waals surface area (Å²) in [5, 5.41) is 4.40. The van der Waals surface area contributed by atoms with E-state index in [4.69, 9.17) is 4.74 Å². The minimum absolute atomic E-state index is 0.0491. The Labute approximate surface area is 215 Å². The number of rotatable bonds is 5. The highest BCUT2D eigenvalue weighted by Crippen LogP contribution is 2.38. The first kappa shape index (κ1) is 25.4. The van der Waals surface area contributed by atoms with E-state index in [9.17, 15) is 9.59 Å². The average Bonchev–Trinajstić information content (AvgIpc) is 2.88. The lowest BCUT2D eigenvalue weighted by Gasteiger charge is -2.37. The molecule has 0 aliphatic heterocycles. The van der Waals surface area contributed by atoms with Crippen LogP contribution in [0, 0.1) is 18.8 Å². The molecule has 0 spiro atoms. The zero-order chi connectivity index (χ0) is 25.2. The van der Waals surface area contributed by atoms with Crippen LogP contribution >= 0.6 is 0 Å². The Bertz CT molecular complexity index is 1140. The number of amides is 1. The lowest BCUT2D eigenvalue weighted by molar-refractivity contribution is -0.130. The van der Waals surface area contributed by atoms with Gasteiger partial charge in [-0.2, -0.15) is 0 Å². The summed E-state index contributed by atoms with van der Waals surface area (Å²) >= 11 is 0. The average molecular weight is 494 g/mol. The SMILES string of the molecule is Cc1cc2c(cn1)cc(C1CC(NC(=O)C3CCCC(OC4CCCCC4)C3)CCC1C)c(=O)n2C. The van der Waals surface area contributed by atoms with E-state index >= 15 is 0 Å². The van der Waals surface area contributed by atoms with Gasteiger partial charge in [0.1, 0.15) is 0 Å². The van der Waals surface area contributed by atoms with Crippen molar-refractivity contribution < 1.29 is 9.53 Å². The number of hydrogen-bond acceptors (Lipinski definition) is 4. The van der Waals surface area contributed by atoms with Gasteiger partial charge in [-0.3, -0.25) is 14.6 Å². The fraction of sp³-hybridized carbons (Fsp3) is 0.700. The minimum Gasteiger partial charge on any atom is -0.375 e. The number of aromatic nitrogens is 2. The number of hydrogen-bond donors (Lipinski definition) is 1. The highest BCUT2D eigenvalue weighted by atomic mass is 16.5. The van der Waals surface area contributed by atoms with Crippen LogP contribution in [0.3, 0.4) is 0 Å². The van der Waals surface area contributed by atoms with Gasteiger partial charge in [-0.25, -0.2) is 0 Å². The topological polar surface area (TPSA) is 73.2 Å². The van der Waals surface area contributed by atoms with Crippen LogP contribution in [0.5, 0.6) is 0 Å². The first-order valence-corrected chi connectivity index (χ1v) is 14.3. The quantitative estimate of drug-likeness (QED) is 0.594. The molecule has 2 heterocycles. The highest BCUT2D eigenvalue weighted by Gasteiger charge is 2.35. The fourth-order valence-corrected chi connectivity index (χ4v) is 6.94. The Hall–Kier alpha value is -2.21. The number of fused-ring (bicyclic) bond motifs is 1. The second-order valence-corrected chi connectivity index (χ2v) is 11.8. The van der Waals surface area contributed by atoms with Crippen LogP contribution in [0.15, 0.2) is 23.1 Å². The van der Waals surface area contributed by atoms with Crippen LogP contribution in [0.2, 0.25) is 0 Å². The number of nitrogens with one attached hydrogen (secondary N) is 1. The van der Waals surface area contributed by atoms with E-state index in [1.54, 1.807) is 4.57 Å². The monoisotopic (exact) mass is 493 g/mol. The second kappa shape index (κ2) is 11.0. The molecule has 0 aromatic carbocycles. The molecule has 5 atom stereocenters. The molecular weight excluding hydrogens is 450 g/mol. The first-order chi connectivity index (χ1) is 17.4. The standard InChI is InChI=1S/C30H43N3O3/c1-19-12-13-23(17-26(19)27-16-22-18-31-20(2)14-28(22)33(3)30(27)35)32-29(34)21-8-7-11-25(15-21)36-24-9-5-4-6-10-24/h14,16,18-19,21,23-26H,4-13,15,17H2,1-3H3,(H,32,34). The molecule has 0 saturated heterocycles. The Balaban J connectivity index is 1.24. The van der Waals surface area contributed by atoms with Crippen LogP contribution in [0.1, 0.15) is 101 Å². The van der Waals surface area contributed by atoms with Gasteiger partial charge in [-0.05, 0) is 82.3 Å². The molecule has 3 aliphatic rings. The summed E-state index contributed by atoms with van der Waals surface area (Å²) in [5.74, 6) is 0.788. The van der Waals surface area contributed by atoms with Gasteiger partial charge in [0.05, 0.1) is 17.7 Å². The van der Waals surface area contributed by atoms with Crippen molar-refractivity contribution in [3.05, 3.63) is 39.9 Å². The van der Waals surface area contributed by atoms with Crippen molar-refractivity contribution in [2.24, 2.45) is 18.9 Å². The van der Waals surface area contributed by atoms with E-state index in [2.05, 4.69) is 17.2 Å². The van der Waals surface area contributed by atoms with E-state index in [1.165, 1.54) is 32.1 Å². The number of nitrogens with zero attached hydrogens (tertiary/aromatic N) is 2. The zero-order valence-electron chi connectivity index (χ0n) is 22.3. The van der Waals surface area contributed by atoms with Crippen molar-refractivity contribution in [3.63, 3.8) is 0 Å². The minimum atomic E-state index is 0.0491. The van der Waals surface area contributed by atoms with Crippen LogP contribution < -0.4 is 10.9 Å². The second-order valence-electron chi connectivity index (χ2n) is 11.8. The molecule has 1 N–H and O–H groups in total. The molecule has 6 heteroatoms. The van der Waals surface area contributed by atoms with Crippen molar-refractivity contribution >= 4 is 16.8 Å². The molecule has 2 aromatic heterocycles. The predicted molar refractivity (Wildman–Crippen MR) is 143 cm³/mol. The first-order valence-electron chi connectivity index (χ1n) is 14.3. The fourth-order valence-electron chi connectivity index (χ4n) is 6.94. The summed E-state index contributed by atoms with van der Waals surface area (Å²) in [6, 6.07) is 4.14. The van der Waals surface area contributed by atoms with Crippen LogP contribution in [-0.2, 0) is 16.6 Å². The van der Waals surface area contributed by atoms with E-state index in [0.29, 0.717) is 12.0 Å². The molecule has 196 valence electrons. The van der Waals surface area contributed by atoms with Crippen molar-refractivity contribution in [2.45, 2.75) is 115 Å². The summed E-state index contributed by atoms with van der Waals surface area (Å²) < 4.78 is 8.20. The number of ether oxygens (including phenoxy) is 1. The van der Waals surface area contributed by atoms with Crippen LogP contribution in [0.4, 0.5) is 0 Å². The normalized spacial score (nSPS) is 29.8. The summed E-state index contributed by atoms with van der Waals surface area (Å²) in [6.45, 7) is 4.19. The molecule has 5 rings (SSSR count). The molecule has 2 aromatic rings. The lowest BCUT2D eigenvalue weighted by atomic mass is 9.74. The van der Waals surface area contributed by atoms with Gasteiger partial charge in [-0.1, -0.05) is 32.6 Å². The predicted octanol–water partition coefficient (Wildman–Crippen LogP) is 5.54. The van der Waals surface area contributed by atoms with Crippen molar-refractivity contribution in [2.75, 3.05) is 0 Å². The Kier molecular flexibility index (Phi) is 7.80. The molecule has 6 nitrogen and oxygen atoms in total. The molecule has 3 aliphatic carbocycles. The summed E-state index contributed by atoms with van der Waals surface area (Å²) in [6.07, 6.45) is 15.5. The Morgan fingerprint density at radius 3 is 2.58 bits per heavy atom. The number of carbonyl (C=O) groups is 1. The molecule has 5 unspecified atom stereocenters. The van der Waals surface area contributed by atoms with Crippen molar-refractivity contribution in [1.29, 1.82) is 0 Å². The molecule has 0 bridgehead atoms. The molecular formula is C30H43N3O3. The van der Waals surface area contributed by atoms with Gasteiger partial charge in [0, 0.05) is 41.8 Å². The maximum absolute atomic E-state index is 13.4. The van der Waals surface area contributed by atoms with Crippen LogP contribution in [0.25, 0.3) is 10.9 Å². The van der Waals surface area contributed by atoms with Crippen molar-refractivity contribution in [1.82, 2.24) is 14.9 Å². The van der Waals surface area contributed by atoms with E-state index < -0.39 is 0 Å². The molecule has 3 saturated carbocycles. The van der Waals surface area contributed by atoms with E-state index in [0.717, 1.165) is 67.1 Å². The summed E-state index contributed by atoms with van der Waals surface area (Å²) in [7, 11) is 1.86. The third kappa shape index (κ3) is 5.53. The third-order valence-electron chi connectivity index (χ3n) is 9.15. The molecule has 1 amide bonds. The van der Waals surface area contributed by atoms with Gasteiger partial charge in [-0.15, -0.1) is 0 Å². The number of aryl methyl sites for hydroxylation is 2. The Morgan fingerprint density at radius 1 is 1.00 bits per heavy atom. The maximum atomic E-state index is 13.4. The summed E-state index contributed by atoms with van der Waals surface area (Å²) in [4.78, 5) is 31.1. The number of pyridine rings is 2. The van der Waals surface area contributed by atoms with Gasteiger partial charge in [0.15, 0.2) is 0 Å². The van der Waals surface area contributed by atoms with E-state index in [1.807, 2.05) is 32.3 Å². The number of carbonyl (C=O) groups excluding carboxylic acids is 1. The van der Waals surface area contributed by atoms with Gasteiger partial charge >= 0.3 is 0 Å². The smallest absolute Gasteiger partial charge is 0.254 e. The van der Waals surface area contributed by atoms with Gasteiger partial charge in [0.25, 0.3) is 5.56 Å². The molecule has 3 fully saturated rings. The lowest BCUT2D eigenvalue weighted by Crippen LogP contribution is -2.45. The largest absolute Gasteiger partial charge is 0.375 e. The highest BCUT2D eigenvalue weighted by molar-refractivity contribution is 5.80. The Morgan fingerprint density at radius 2 is 1.78 bits per heavy atom. The van der Waals surface area contributed by atoms with Gasteiger partial charge < -0.3 is 14.6 Å². The van der Waals surface area contributed by atoms with E-state index in [-0.39, 0.29) is 35.4 Å². The zero-order valence-corrected chi connectivity index (χ0v) is 22.3. The maximum Gasteiger partial charge on any atom is 0.254 e. The summed E-state index contributed by atoms with van der Waals surface area (Å²) in [5.41, 5.74) is 2.77. The molecule has 36 heavy (non-hydrogen) atoms. The third-order valence-corrected chi connectivity index (χ3v) is 9.15. The molecule has 0 radical (unpaired) electrons. The van der Waals surface area contributed by atoms with Crippen LogP contribution in [-0.4, -0.2) is 33.7 Å². The van der Waals surface area contributed by atoms with Crippen molar-refractivity contribution in [3.8, 4) is 0 Å². The van der Waals surface area contributed by atoms with Gasteiger partial charge in [0.2, 0.25) is 5.91 Å².